The highest BCUT2D eigenvalue weighted by atomic mass is 16.2. The zero-order chi connectivity index (χ0) is 13.9. The molecule has 1 aromatic heterocycles. The second kappa shape index (κ2) is 5.55. The number of amides is 1. The lowest BCUT2D eigenvalue weighted by molar-refractivity contribution is 0.0623. The summed E-state index contributed by atoms with van der Waals surface area (Å²) in [5.41, 5.74) is 1.60. The van der Waals surface area contributed by atoms with Gasteiger partial charge in [0.15, 0.2) is 0 Å². The van der Waals surface area contributed by atoms with Crippen LogP contribution < -0.4 is 0 Å². The molecule has 0 unspecified atom stereocenters. The summed E-state index contributed by atoms with van der Waals surface area (Å²) in [7, 11) is 1.84. The van der Waals surface area contributed by atoms with E-state index in [2.05, 4.69) is 44.8 Å². The first-order chi connectivity index (χ1) is 8.27. The molecular formula is C14H25N3O. The van der Waals surface area contributed by atoms with Gasteiger partial charge in [-0.2, -0.15) is 5.10 Å². The third-order valence-electron chi connectivity index (χ3n) is 3.52. The number of carbonyl (C=O) groups excluding carboxylic acids is 1. The fourth-order valence-electron chi connectivity index (χ4n) is 1.81. The molecule has 4 heteroatoms. The van der Waals surface area contributed by atoms with Gasteiger partial charge in [0, 0.05) is 18.8 Å². The van der Waals surface area contributed by atoms with E-state index in [4.69, 9.17) is 0 Å². The van der Waals surface area contributed by atoms with Crippen molar-refractivity contribution in [1.29, 1.82) is 0 Å². The van der Waals surface area contributed by atoms with Crippen LogP contribution in [0.4, 0.5) is 0 Å². The summed E-state index contributed by atoms with van der Waals surface area (Å²) in [6.07, 6.45) is 1.98. The van der Waals surface area contributed by atoms with Gasteiger partial charge in [-0.3, -0.25) is 9.89 Å². The van der Waals surface area contributed by atoms with Crippen molar-refractivity contribution < 1.29 is 4.79 Å². The van der Waals surface area contributed by atoms with Gasteiger partial charge >= 0.3 is 0 Å². The maximum Gasteiger partial charge on any atom is 0.274 e. The molecule has 1 N–H and O–H groups in total. The van der Waals surface area contributed by atoms with E-state index in [1.54, 1.807) is 4.90 Å². The van der Waals surface area contributed by atoms with Crippen LogP contribution in [0.2, 0.25) is 0 Å². The number of aryl methyl sites for hydroxylation is 1. The Bertz CT molecular complexity index is 403. The Kier molecular flexibility index (Phi) is 4.54. The first-order valence-electron chi connectivity index (χ1n) is 6.58. The molecule has 0 bridgehead atoms. The highest BCUT2D eigenvalue weighted by molar-refractivity contribution is 5.92. The van der Waals surface area contributed by atoms with E-state index in [-0.39, 0.29) is 17.4 Å². The van der Waals surface area contributed by atoms with Gasteiger partial charge in [0.05, 0.1) is 0 Å². The molecule has 1 heterocycles. The number of hydrogen-bond acceptors (Lipinski definition) is 2. The molecule has 0 spiro atoms. The zero-order valence-corrected chi connectivity index (χ0v) is 12.4. The van der Waals surface area contributed by atoms with Crippen LogP contribution in [0.15, 0.2) is 6.07 Å². The predicted molar refractivity (Wildman–Crippen MR) is 73.6 cm³/mol. The topological polar surface area (TPSA) is 49.0 Å². The normalized spacial score (nSPS) is 13.4. The minimum atomic E-state index is -0.0176. The van der Waals surface area contributed by atoms with Gasteiger partial charge in [0.25, 0.3) is 5.91 Å². The Morgan fingerprint density at radius 2 is 2.11 bits per heavy atom. The van der Waals surface area contributed by atoms with Gasteiger partial charge in [-0.1, -0.05) is 34.1 Å². The number of aromatic nitrogens is 2. The lowest BCUT2D eigenvalue weighted by Gasteiger charge is -2.34. The average Bonchev–Trinajstić information content (AvgIpc) is 2.74. The summed E-state index contributed by atoms with van der Waals surface area (Å²) in [5, 5.41) is 7.03. The van der Waals surface area contributed by atoms with Gasteiger partial charge in [0.1, 0.15) is 5.69 Å². The van der Waals surface area contributed by atoms with Crippen LogP contribution in [-0.4, -0.2) is 34.1 Å². The SMILES string of the molecule is CCCc1cc(C(=O)N(C)[C@H](C)C(C)(C)C)n[nH]1. The second-order valence-electron chi connectivity index (χ2n) is 5.99. The third kappa shape index (κ3) is 3.34. The molecular weight excluding hydrogens is 226 g/mol. The molecule has 1 atom stereocenters. The maximum atomic E-state index is 12.3. The van der Waals surface area contributed by atoms with Crippen LogP contribution in [0, 0.1) is 5.41 Å². The maximum absolute atomic E-state index is 12.3. The van der Waals surface area contributed by atoms with Crippen LogP contribution in [0.3, 0.4) is 0 Å². The number of nitrogens with one attached hydrogen (secondary N) is 1. The lowest BCUT2D eigenvalue weighted by atomic mass is 9.87. The van der Waals surface area contributed by atoms with Gasteiger partial charge in [-0.15, -0.1) is 0 Å². The molecule has 0 radical (unpaired) electrons. The van der Waals surface area contributed by atoms with Crippen LogP contribution in [0.5, 0.6) is 0 Å². The van der Waals surface area contributed by atoms with Gasteiger partial charge < -0.3 is 4.90 Å². The molecule has 18 heavy (non-hydrogen) atoms. The van der Waals surface area contributed by atoms with E-state index in [1.165, 1.54) is 0 Å². The monoisotopic (exact) mass is 251 g/mol. The van der Waals surface area contributed by atoms with Crippen molar-refractivity contribution >= 4 is 5.91 Å². The Balaban J connectivity index is 2.80. The predicted octanol–water partition coefficient (Wildman–Crippen LogP) is 2.87. The number of H-pyrrole nitrogens is 1. The van der Waals surface area contributed by atoms with Crippen molar-refractivity contribution in [2.45, 2.75) is 53.5 Å². The summed E-state index contributed by atoms with van der Waals surface area (Å²) in [6, 6.07) is 2.02. The average molecular weight is 251 g/mol. The first kappa shape index (κ1) is 14.7. The van der Waals surface area contributed by atoms with Crippen molar-refractivity contribution in [2.75, 3.05) is 7.05 Å². The van der Waals surface area contributed by atoms with E-state index in [0.717, 1.165) is 18.5 Å². The second-order valence-corrected chi connectivity index (χ2v) is 5.99. The fourth-order valence-corrected chi connectivity index (χ4v) is 1.81. The number of nitrogens with zero attached hydrogens (tertiary/aromatic N) is 2. The number of aromatic amines is 1. The van der Waals surface area contributed by atoms with Crippen LogP contribution in [0.1, 0.15) is 57.2 Å². The number of carbonyl (C=O) groups is 1. The largest absolute Gasteiger partial charge is 0.337 e. The number of hydrogen-bond donors (Lipinski definition) is 1. The molecule has 0 aliphatic heterocycles. The van der Waals surface area contributed by atoms with Crippen molar-refractivity contribution in [1.82, 2.24) is 15.1 Å². The van der Waals surface area contributed by atoms with Gasteiger partial charge in [-0.25, -0.2) is 0 Å². The molecule has 4 nitrogen and oxygen atoms in total. The molecule has 102 valence electrons. The highest BCUT2D eigenvalue weighted by Crippen LogP contribution is 2.24. The molecule has 0 aromatic carbocycles. The van der Waals surface area contributed by atoms with Crippen LogP contribution >= 0.6 is 0 Å². The summed E-state index contributed by atoms with van der Waals surface area (Å²) >= 11 is 0. The standard InChI is InChI=1S/C14H25N3O/c1-7-8-11-9-12(16-15-11)13(18)17(6)10(2)14(3,4)5/h9-10H,7-8H2,1-6H3,(H,15,16)/t10-/m1/s1. The fraction of sp³-hybridized carbons (Fsp3) is 0.714. The Labute approximate surface area is 110 Å². The van der Waals surface area contributed by atoms with E-state index in [0.29, 0.717) is 5.69 Å². The molecule has 0 fully saturated rings. The van der Waals surface area contributed by atoms with E-state index >= 15 is 0 Å². The molecule has 0 saturated carbocycles. The summed E-state index contributed by atoms with van der Waals surface area (Å²) in [4.78, 5) is 14.1. The molecule has 1 amide bonds. The minimum absolute atomic E-state index is 0.0176. The van der Waals surface area contributed by atoms with Gasteiger partial charge in [-0.05, 0) is 24.8 Å². The Morgan fingerprint density at radius 3 is 2.61 bits per heavy atom. The summed E-state index contributed by atoms with van der Waals surface area (Å²) < 4.78 is 0. The van der Waals surface area contributed by atoms with E-state index in [9.17, 15) is 4.79 Å². The first-order valence-corrected chi connectivity index (χ1v) is 6.58. The lowest BCUT2D eigenvalue weighted by Crippen LogP contribution is -2.43. The van der Waals surface area contributed by atoms with Crippen molar-refractivity contribution in [3.05, 3.63) is 17.5 Å². The smallest absolute Gasteiger partial charge is 0.274 e. The molecule has 1 aromatic rings. The Hall–Kier alpha value is -1.32. The Morgan fingerprint density at radius 1 is 1.50 bits per heavy atom. The van der Waals surface area contributed by atoms with E-state index < -0.39 is 0 Å². The molecule has 0 aliphatic carbocycles. The molecule has 0 saturated heterocycles. The molecule has 1 rings (SSSR count). The van der Waals surface area contributed by atoms with Gasteiger partial charge in [0.2, 0.25) is 0 Å². The quantitative estimate of drug-likeness (QED) is 0.894. The van der Waals surface area contributed by atoms with Crippen molar-refractivity contribution in [3.63, 3.8) is 0 Å². The zero-order valence-electron chi connectivity index (χ0n) is 12.4. The number of rotatable bonds is 4. The van der Waals surface area contributed by atoms with Crippen molar-refractivity contribution in [2.24, 2.45) is 5.41 Å². The summed E-state index contributed by atoms with van der Waals surface area (Å²) in [6.45, 7) is 10.6. The highest BCUT2D eigenvalue weighted by Gasteiger charge is 2.28. The van der Waals surface area contributed by atoms with Crippen LogP contribution in [0.25, 0.3) is 0 Å². The summed E-state index contributed by atoms with van der Waals surface area (Å²) in [5.74, 6) is -0.0176. The molecule has 0 aliphatic rings. The van der Waals surface area contributed by atoms with Crippen LogP contribution in [-0.2, 0) is 6.42 Å². The minimum Gasteiger partial charge on any atom is -0.337 e. The third-order valence-corrected chi connectivity index (χ3v) is 3.52. The van der Waals surface area contributed by atoms with Crippen molar-refractivity contribution in [3.8, 4) is 0 Å². The van der Waals surface area contributed by atoms with E-state index in [1.807, 2.05) is 13.1 Å².